The zero-order valence-corrected chi connectivity index (χ0v) is 10.3. The third kappa shape index (κ3) is 4.10. The highest BCUT2D eigenvalue weighted by molar-refractivity contribution is 5.77. The molecule has 1 saturated heterocycles. The molecule has 2 N–H and O–H groups in total. The van der Waals surface area contributed by atoms with Crippen molar-refractivity contribution in [2.75, 3.05) is 13.2 Å². The molecule has 1 heterocycles. The summed E-state index contributed by atoms with van der Waals surface area (Å²) in [6, 6.07) is 0. The third-order valence-corrected chi connectivity index (χ3v) is 3.32. The standard InChI is InChI=1S/C12H23NO3/c1-3-12(2,6-7-14)13-11(15)9-10-5-4-8-16-10/h10,14H,3-9H2,1-2H3,(H,13,15). The predicted molar refractivity (Wildman–Crippen MR) is 62.1 cm³/mol. The van der Waals surface area contributed by atoms with E-state index in [4.69, 9.17) is 9.84 Å². The molecule has 0 bridgehead atoms. The van der Waals surface area contributed by atoms with E-state index >= 15 is 0 Å². The van der Waals surface area contributed by atoms with Gasteiger partial charge in [-0.2, -0.15) is 0 Å². The summed E-state index contributed by atoms with van der Waals surface area (Å²) in [6.07, 6.45) is 4.00. The van der Waals surface area contributed by atoms with Crippen molar-refractivity contribution < 1.29 is 14.6 Å². The van der Waals surface area contributed by atoms with Gasteiger partial charge in [-0.15, -0.1) is 0 Å². The molecule has 94 valence electrons. The van der Waals surface area contributed by atoms with Gasteiger partial charge in [0, 0.05) is 18.8 Å². The molecule has 4 heteroatoms. The summed E-state index contributed by atoms with van der Waals surface area (Å²) in [7, 11) is 0. The topological polar surface area (TPSA) is 58.6 Å². The van der Waals surface area contributed by atoms with Gasteiger partial charge in [-0.25, -0.2) is 0 Å². The first-order chi connectivity index (χ1) is 7.59. The van der Waals surface area contributed by atoms with E-state index in [1.807, 2.05) is 13.8 Å². The Kier molecular flexibility index (Phi) is 5.22. The maximum absolute atomic E-state index is 11.8. The number of hydrogen-bond acceptors (Lipinski definition) is 3. The van der Waals surface area contributed by atoms with Gasteiger partial charge in [0.15, 0.2) is 0 Å². The molecule has 0 spiro atoms. The van der Waals surface area contributed by atoms with E-state index in [0.717, 1.165) is 25.9 Å². The first-order valence-corrected chi connectivity index (χ1v) is 6.13. The molecule has 16 heavy (non-hydrogen) atoms. The number of carbonyl (C=O) groups excluding carboxylic acids is 1. The molecule has 4 nitrogen and oxygen atoms in total. The second-order valence-corrected chi connectivity index (χ2v) is 4.78. The highest BCUT2D eigenvalue weighted by atomic mass is 16.5. The second-order valence-electron chi connectivity index (χ2n) is 4.78. The fourth-order valence-corrected chi connectivity index (χ4v) is 1.97. The summed E-state index contributed by atoms with van der Waals surface area (Å²) in [6.45, 7) is 4.86. The van der Waals surface area contributed by atoms with Crippen molar-refractivity contribution in [1.29, 1.82) is 0 Å². The molecule has 2 unspecified atom stereocenters. The summed E-state index contributed by atoms with van der Waals surface area (Å²) in [5.41, 5.74) is -0.287. The van der Waals surface area contributed by atoms with Crippen molar-refractivity contribution in [2.45, 2.75) is 57.6 Å². The number of aliphatic hydroxyl groups excluding tert-OH is 1. The Labute approximate surface area is 97.4 Å². The van der Waals surface area contributed by atoms with Gasteiger partial charge in [0.2, 0.25) is 5.91 Å². The minimum atomic E-state index is -0.287. The molecule has 0 saturated carbocycles. The SMILES string of the molecule is CCC(C)(CCO)NC(=O)CC1CCCO1. The van der Waals surface area contributed by atoms with Crippen LogP contribution in [0.3, 0.4) is 0 Å². The highest BCUT2D eigenvalue weighted by Crippen LogP contribution is 2.18. The smallest absolute Gasteiger partial charge is 0.223 e. The maximum Gasteiger partial charge on any atom is 0.223 e. The fraction of sp³-hybridized carbons (Fsp3) is 0.917. The number of amides is 1. The average molecular weight is 229 g/mol. The number of ether oxygens (including phenoxy) is 1. The van der Waals surface area contributed by atoms with E-state index in [-0.39, 0.29) is 24.2 Å². The van der Waals surface area contributed by atoms with Gasteiger partial charge in [-0.3, -0.25) is 4.79 Å². The Morgan fingerprint density at radius 3 is 2.88 bits per heavy atom. The van der Waals surface area contributed by atoms with Crippen LogP contribution >= 0.6 is 0 Å². The van der Waals surface area contributed by atoms with Gasteiger partial charge in [0.25, 0.3) is 0 Å². The first-order valence-electron chi connectivity index (χ1n) is 6.13. The van der Waals surface area contributed by atoms with Crippen LogP contribution in [0.15, 0.2) is 0 Å². The number of hydrogen-bond donors (Lipinski definition) is 2. The molecular weight excluding hydrogens is 206 g/mol. The lowest BCUT2D eigenvalue weighted by Crippen LogP contribution is -2.46. The Balaban J connectivity index is 2.35. The second kappa shape index (κ2) is 6.21. The zero-order chi connectivity index (χ0) is 12.0. The lowest BCUT2D eigenvalue weighted by Gasteiger charge is -2.29. The maximum atomic E-state index is 11.8. The van der Waals surface area contributed by atoms with Crippen LogP contribution in [0.25, 0.3) is 0 Å². The van der Waals surface area contributed by atoms with Crippen LogP contribution in [0, 0.1) is 0 Å². The summed E-state index contributed by atoms with van der Waals surface area (Å²) in [4.78, 5) is 11.8. The minimum Gasteiger partial charge on any atom is -0.396 e. The Hall–Kier alpha value is -0.610. The normalized spacial score (nSPS) is 24.1. The third-order valence-electron chi connectivity index (χ3n) is 3.32. The largest absolute Gasteiger partial charge is 0.396 e. The zero-order valence-electron chi connectivity index (χ0n) is 10.3. The van der Waals surface area contributed by atoms with E-state index in [0.29, 0.717) is 12.8 Å². The van der Waals surface area contributed by atoms with Gasteiger partial charge >= 0.3 is 0 Å². The Morgan fingerprint density at radius 1 is 1.62 bits per heavy atom. The van der Waals surface area contributed by atoms with E-state index in [9.17, 15) is 4.79 Å². The predicted octanol–water partition coefficient (Wildman–Crippen LogP) is 1.22. The molecule has 1 aliphatic heterocycles. The molecule has 0 radical (unpaired) electrons. The van der Waals surface area contributed by atoms with Crippen LogP contribution in [0.1, 0.15) is 46.0 Å². The van der Waals surface area contributed by atoms with Crippen molar-refractivity contribution in [3.63, 3.8) is 0 Å². The number of rotatable bonds is 6. The van der Waals surface area contributed by atoms with Gasteiger partial charge in [-0.05, 0) is 32.6 Å². The number of carbonyl (C=O) groups is 1. The quantitative estimate of drug-likeness (QED) is 0.720. The molecule has 0 aliphatic carbocycles. The molecular formula is C12H23NO3. The van der Waals surface area contributed by atoms with Gasteiger partial charge in [0.05, 0.1) is 12.5 Å². The van der Waals surface area contributed by atoms with Crippen LogP contribution in [0.5, 0.6) is 0 Å². The van der Waals surface area contributed by atoms with Crippen LogP contribution in [0.4, 0.5) is 0 Å². The number of aliphatic hydroxyl groups is 1. The van der Waals surface area contributed by atoms with Crippen molar-refractivity contribution in [2.24, 2.45) is 0 Å². The molecule has 1 rings (SSSR count). The molecule has 0 aromatic heterocycles. The fourth-order valence-electron chi connectivity index (χ4n) is 1.97. The summed E-state index contributed by atoms with van der Waals surface area (Å²) < 4.78 is 5.42. The van der Waals surface area contributed by atoms with Crippen molar-refractivity contribution in [1.82, 2.24) is 5.32 Å². The summed E-state index contributed by atoms with van der Waals surface area (Å²) in [5.74, 6) is 0.0321. The van der Waals surface area contributed by atoms with E-state index in [1.165, 1.54) is 0 Å². The first kappa shape index (κ1) is 13.5. The Bertz CT molecular complexity index is 226. The molecule has 1 fully saturated rings. The average Bonchev–Trinajstić information content (AvgIpc) is 2.70. The van der Waals surface area contributed by atoms with Crippen molar-refractivity contribution >= 4 is 5.91 Å². The van der Waals surface area contributed by atoms with Crippen molar-refractivity contribution in [3.8, 4) is 0 Å². The lowest BCUT2D eigenvalue weighted by molar-refractivity contribution is -0.125. The molecule has 0 aromatic carbocycles. The van der Waals surface area contributed by atoms with Crippen LogP contribution in [-0.4, -0.2) is 35.9 Å². The van der Waals surface area contributed by atoms with Crippen molar-refractivity contribution in [3.05, 3.63) is 0 Å². The van der Waals surface area contributed by atoms with E-state index in [2.05, 4.69) is 5.32 Å². The monoisotopic (exact) mass is 229 g/mol. The van der Waals surface area contributed by atoms with Gasteiger partial charge in [-0.1, -0.05) is 6.92 Å². The molecule has 2 atom stereocenters. The minimum absolute atomic E-state index is 0.0321. The molecule has 0 aromatic rings. The molecule has 1 aliphatic rings. The molecule has 1 amide bonds. The summed E-state index contributed by atoms with van der Waals surface area (Å²) >= 11 is 0. The lowest BCUT2D eigenvalue weighted by atomic mass is 9.94. The summed E-state index contributed by atoms with van der Waals surface area (Å²) in [5, 5.41) is 11.9. The van der Waals surface area contributed by atoms with E-state index in [1.54, 1.807) is 0 Å². The number of nitrogens with one attached hydrogen (secondary N) is 1. The van der Waals surface area contributed by atoms with Crippen LogP contribution in [-0.2, 0) is 9.53 Å². The Morgan fingerprint density at radius 2 is 2.38 bits per heavy atom. The van der Waals surface area contributed by atoms with Crippen LogP contribution < -0.4 is 5.32 Å². The van der Waals surface area contributed by atoms with E-state index < -0.39 is 0 Å². The highest BCUT2D eigenvalue weighted by Gasteiger charge is 2.26. The van der Waals surface area contributed by atoms with Gasteiger partial charge in [0.1, 0.15) is 0 Å². The van der Waals surface area contributed by atoms with Crippen LogP contribution in [0.2, 0.25) is 0 Å². The van der Waals surface area contributed by atoms with Gasteiger partial charge < -0.3 is 15.2 Å².